The Morgan fingerprint density at radius 1 is 0.919 bits per heavy atom. The largest absolute Gasteiger partial charge is 0.444 e. The molecule has 1 N–H and O–H groups in total. The Kier molecular flexibility index (Phi) is 5.62. The van der Waals surface area contributed by atoms with Crippen molar-refractivity contribution in [2.24, 2.45) is 0 Å². The van der Waals surface area contributed by atoms with Crippen LogP contribution in [0.15, 0.2) is 83.7 Å². The Labute approximate surface area is 211 Å². The molecule has 188 valence electrons. The number of hydrogen-bond acceptors (Lipinski definition) is 4. The molecule has 0 aliphatic carbocycles. The Hall–Kier alpha value is -4.27. The van der Waals surface area contributed by atoms with Gasteiger partial charge in [-0.1, -0.05) is 30.3 Å². The van der Waals surface area contributed by atoms with Crippen LogP contribution in [0.25, 0.3) is 22.5 Å². The van der Waals surface area contributed by atoms with Crippen molar-refractivity contribution in [1.82, 2.24) is 4.98 Å². The van der Waals surface area contributed by atoms with Gasteiger partial charge in [0.1, 0.15) is 0 Å². The summed E-state index contributed by atoms with van der Waals surface area (Å²) in [5.41, 5.74) is 3.35. The number of oxazole rings is 1. The number of rotatable bonds is 3. The zero-order valence-corrected chi connectivity index (χ0v) is 19.7. The SMILES string of the molecule is O=C(Nc1cccc(-c2cnco2)c1)N1c2cc(-c3cccc(C(F)(F)F)c3)ccc2N2CCC1CC2. The number of urea groups is 1. The first-order valence-electron chi connectivity index (χ1n) is 12.0. The summed E-state index contributed by atoms with van der Waals surface area (Å²) in [5.74, 6) is 0.591. The topological polar surface area (TPSA) is 61.6 Å². The van der Waals surface area contributed by atoms with Crippen molar-refractivity contribution in [3.63, 3.8) is 0 Å². The molecule has 37 heavy (non-hydrogen) atoms. The van der Waals surface area contributed by atoms with Gasteiger partial charge in [0.05, 0.1) is 23.1 Å². The monoisotopic (exact) mass is 504 g/mol. The van der Waals surface area contributed by atoms with Crippen LogP contribution in [0.5, 0.6) is 0 Å². The molecule has 0 atom stereocenters. The fourth-order valence-electron chi connectivity index (χ4n) is 5.17. The number of halogens is 3. The number of carbonyl (C=O) groups excluding carboxylic acids is 1. The first-order valence-corrected chi connectivity index (χ1v) is 12.0. The van der Waals surface area contributed by atoms with E-state index in [0.717, 1.165) is 49.3 Å². The number of benzene rings is 3. The van der Waals surface area contributed by atoms with Crippen molar-refractivity contribution >= 4 is 23.1 Å². The number of amides is 2. The number of aromatic nitrogens is 1. The van der Waals surface area contributed by atoms with Crippen LogP contribution in [0.4, 0.5) is 35.0 Å². The highest BCUT2D eigenvalue weighted by molar-refractivity contribution is 6.05. The van der Waals surface area contributed by atoms with Gasteiger partial charge < -0.3 is 14.6 Å². The van der Waals surface area contributed by atoms with Crippen molar-refractivity contribution in [1.29, 1.82) is 0 Å². The Morgan fingerprint density at radius 3 is 2.43 bits per heavy atom. The fraction of sp³-hybridized carbons (Fsp3) is 0.214. The minimum absolute atomic E-state index is 0.0216. The molecule has 0 radical (unpaired) electrons. The summed E-state index contributed by atoms with van der Waals surface area (Å²) in [6.07, 6.45) is 0.133. The number of carbonyl (C=O) groups is 1. The molecule has 3 aliphatic rings. The average molecular weight is 505 g/mol. The van der Waals surface area contributed by atoms with E-state index in [0.29, 0.717) is 28.3 Å². The number of fused-ring (bicyclic) bond motifs is 2. The van der Waals surface area contributed by atoms with Crippen LogP contribution in [-0.2, 0) is 6.18 Å². The maximum atomic E-state index is 13.7. The summed E-state index contributed by atoms with van der Waals surface area (Å²) in [7, 11) is 0. The maximum absolute atomic E-state index is 13.7. The summed E-state index contributed by atoms with van der Waals surface area (Å²) in [4.78, 5) is 21.7. The number of hydrogen-bond donors (Lipinski definition) is 1. The van der Waals surface area contributed by atoms with Crippen LogP contribution in [0.1, 0.15) is 18.4 Å². The Morgan fingerprint density at radius 2 is 1.68 bits per heavy atom. The van der Waals surface area contributed by atoms with Gasteiger partial charge in [-0.25, -0.2) is 9.78 Å². The second-order valence-electron chi connectivity index (χ2n) is 9.25. The van der Waals surface area contributed by atoms with Gasteiger partial charge in [0.25, 0.3) is 0 Å². The number of nitrogens with one attached hydrogen (secondary N) is 1. The highest BCUT2D eigenvalue weighted by Gasteiger charge is 2.36. The van der Waals surface area contributed by atoms with Crippen molar-refractivity contribution in [2.75, 3.05) is 28.2 Å². The average Bonchev–Trinajstić information content (AvgIpc) is 3.34. The lowest BCUT2D eigenvalue weighted by Gasteiger charge is -2.32. The molecule has 3 aliphatic heterocycles. The summed E-state index contributed by atoms with van der Waals surface area (Å²) in [6.45, 7) is 1.62. The van der Waals surface area contributed by atoms with E-state index >= 15 is 0 Å². The minimum Gasteiger partial charge on any atom is -0.444 e. The molecule has 1 saturated heterocycles. The molecule has 3 aromatic carbocycles. The number of piperidine rings is 1. The number of anilines is 3. The summed E-state index contributed by atoms with van der Waals surface area (Å²) in [5, 5.41) is 3.01. The zero-order chi connectivity index (χ0) is 25.6. The molecular formula is C28H23F3N4O2. The van der Waals surface area contributed by atoms with Crippen molar-refractivity contribution in [3.05, 3.63) is 84.9 Å². The first kappa shape index (κ1) is 23.1. The molecule has 2 amide bonds. The lowest BCUT2D eigenvalue weighted by Crippen LogP contribution is -2.45. The van der Waals surface area contributed by atoms with E-state index in [4.69, 9.17) is 4.42 Å². The van der Waals surface area contributed by atoms with Crippen LogP contribution in [0.3, 0.4) is 0 Å². The third-order valence-electron chi connectivity index (χ3n) is 6.98. The second kappa shape index (κ2) is 8.99. The lowest BCUT2D eigenvalue weighted by atomic mass is 10.0. The maximum Gasteiger partial charge on any atom is 0.416 e. The van der Waals surface area contributed by atoms with Gasteiger partial charge in [-0.05, 0) is 60.4 Å². The van der Waals surface area contributed by atoms with Crippen LogP contribution in [0.2, 0.25) is 0 Å². The predicted molar refractivity (Wildman–Crippen MR) is 136 cm³/mol. The van der Waals surface area contributed by atoms with Gasteiger partial charge in [-0.15, -0.1) is 0 Å². The van der Waals surface area contributed by atoms with Crippen LogP contribution >= 0.6 is 0 Å². The fourth-order valence-corrected chi connectivity index (χ4v) is 5.17. The van der Waals surface area contributed by atoms with Gasteiger partial charge >= 0.3 is 12.2 Å². The molecule has 7 rings (SSSR count). The quantitative estimate of drug-likeness (QED) is 0.325. The molecule has 1 aromatic heterocycles. The highest BCUT2D eigenvalue weighted by atomic mass is 19.4. The van der Waals surface area contributed by atoms with Gasteiger partial charge in [-0.2, -0.15) is 13.2 Å². The molecule has 4 heterocycles. The van der Waals surface area contributed by atoms with Crippen LogP contribution < -0.4 is 15.1 Å². The molecule has 6 nitrogen and oxygen atoms in total. The highest BCUT2D eigenvalue weighted by Crippen LogP contribution is 2.42. The van der Waals surface area contributed by atoms with Crippen molar-refractivity contribution in [2.45, 2.75) is 25.1 Å². The predicted octanol–water partition coefficient (Wildman–Crippen LogP) is 7.05. The van der Waals surface area contributed by atoms with Crippen molar-refractivity contribution in [3.8, 4) is 22.5 Å². The van der Waals surface area contributed by atoms with Gasteiger partial charge in [-0.3, -0.25) is 4.90 Å². The van der Waals surface area contributed by atoms with E-state index in [1.807, 2.05) is 36.4 Å². The second-order valence-corrected chi connectivity index (χ2v) is 9.25. The van der Waals surface area contributed by atoms with Crippen molar-refractivity contribution < 1.29 is 22.4 Å². The smallest absolute Gasteiger partial charge is 0.416 e. The first-order chi connectivity index (χ1) is 17.9. The third kappa shape index (κ3) is 4.41. The van der Waals surface area contributed by atoms with Gasteiger partial charge in [0.2, 0.25) is 0 Å². The lowest BCUT2D eigenvalue weighted by molar-refractivity contribution is -0.137. The molecule has 0 saturated carbocycles. The van der Waals surface area contributed by atoms with Crippen LogP contribution in [0, 0.1) is 0 Å². The summed E-state index contributed by atoms with van der Waals surface area (Å²) < 4.78 is 45.4. The Bertz CT molecular complexity index is 1440. The van der Waals surface area contributed by atoms with Gasteiger partial charge in [0.15, 0.2) is 12.2 Å². The van der Waals surface area contributed by atoms with E-state index in [1.165, 1.54) is 12.5 Å². The van der Waals surface area contributed by atoms with E-state index in [-0.39, 0.29) is 12.1 Å². The standard InChI is InChI=1S/C28H23F3N4O2/c29-28(30,31)21-5-1-3-18(13-21)19-7-8-24-25(15-19)35(23-9-11-34(24)12-10-23)27(36)33-22-6-2-4-20(14-22)26-16-32-17-37-26/h1-8,13-17,23H,9-12H2,(H,33,36). The Balaban J connectivity index is 1.36. The zero-order valence-electron chi connectivity index (χ0n) is 19.7. The third-order valence-corrected chi connectivity index (χ3v) is 6.98. The molecule has 0 spiro atoms. The number of alkyl halides is 3. The summed E-state index contributed by atoms with van der Waals surface area (Å²) >= 11 is 0. The number of nitrogens with zero attached hydrogens (tertiary/aromatic N) is 3. The van der Waals surface area contributed by atoms with Crippen LogP contribution in [-0.4, -0.2) is 30.1 Å². The van der Waals surface area contributed by atoms with E-state index in [9.17, 15) is 18.0 Å². The molecule has 9 heteroatoms. The normalized spacial score (nSPS) is 15.4. The van der Waals surface area contributed by atoms with E-state index < -0.39 is 11.7 Å². The molecule has 2 bridgehead atoms. The summed E-state index contributed by atoms with van der Waals surface area (Å²) in [6, 6.07) is 17.8. The van der Waals surface area contributed by atoms with E-state index in [1.54, 1.807) is 23.2 Å². The minimum atomic E-state index is -4.43. The van der Waals surface area contributed by atoms with Gasteiger partial charge in [0, 0.05) is 30.4 Å². The molecular weight excluding hydrogens is 481 g/mol. The molecule has 1 fully saturated rings. The molecule has 0 unspecified atom stereocenters. The van der Waals surface area contributed by atoms with E-state index in [2.05, 4.69) is 15.2 Å². The molecule has 4 aromatic rings.